The molecule has 35 heavy (non-hydrogen) atoms. The fourth-order valence-electron chi connectivity index (χ4n) is 4.58. The van der Waals surface area contributed by atoms with E-state index in [0.29, 0.717) is 11.4 Å². The van der Waals surface area contributed by atoms with Crippen molar-refractivity contribution in [2.45, 2.75) is 24.9 Å². The number of benzene rings is 2. The Balaban J connectivity index is 1.10. The second-order valence-corrected chi connectivity index (χ2v) is 9.40. The highest BCUT2D eigenvalue weighted by molar-refractivity contribution is 7.09. The molecule has 1 heterocycles. The molecule has 0 saturated carbocycles. The number of carbonyl (C=O) groups is 3. The van der Waals surface area contributed by atoms with Crippen LogP contribution in [0.3, 0.4) is 0 Å². The standard InChI is InChI=1S/C26H23N3O5S/c30-24(27-12-23-29-22(14-35-23)25(31)32)15-9-10-16(11-15)28-26(33)34-13-21-19-7-3-1-5-17(19)18-6-2-4-8-20(18)21/h1-10,14-16,21H,11-13H2,(H,27,30)(H,28,33)(H,31,32). The highest BCUT2D eigenvalue weighted by Crippen LogP contribution is 2.44. The largest absolute Gasteiger partial charge is 0.476 e. The van der Waals surface area contributed by atoms with E-state index in [2.05, 4.69) is 39.9 Å². The summed E-state index contributed by atoms with van der Waals surface area (Å²) in [6.45, 7) is 0.387. The predicted octanol–water partition coefficient (Wildman–Crippen LogP) is 3.94. The fourth-order valence-corrected chi connectivity index (χ4v) is 5.28. The predicted molar refractivity (Wildman–Crippen MR) is 130 cm³/mol. The minimum Gasteiger partial charge on any atom is -0.476 e. The van der Waals surface area contributed by atoms with E-state index in [4.69, 9.17) is 9.84 Å². The molecule has 0 bridgehead atoms. The summed E-state index contributed by atoms with van der Waals surface area (Å²) < 4.78 is 5.58. The summed E-state index contributed by atoms with van der Waals surface area (Å²) in [4.78, 5) is 39.9. The van der Waals surface area contributed by atoms with Crippen LogP contribution in [0, 0.1) is 5.92 Å². The number of hydrogen-bond donors (Lipinski definition) is 3. The van der Waals surface area contributed by atoms with Crippen molar-refractivity contribution in [3.8, 4) is 11.1 Å². The van der Waals surface area contributed by atoms with Crippen molar-refractivity contribution in [2.24, 2.45) is 5.92 Å². The van der Waals surface area contributed by atoms with Gasteiger partial charge >= 0.3 is 12.1 Å². The average Bonchev–Trinajstić information content (AvgIpc) is 3.59. The lowest BCUT2D eigenvalue weighted by molar-refractivity contribution is -0.123. The summed E-state index contributed by atoms with van der Waals surface area (Å²) in [5, 5.41) is 16.5. The van der Waals surface area contributed by atoms with Crippen molar-refractivity contribution < 1.29 is 24.2 Å². The summed E-state index contributed by atoms with van der Waals surface area (Å²) in [6, 6.07) is 16.0. The topological polar surface area (TPSA) is 118 Å². The van der Waals surface area contributed by atoms with E-state index in [1.807, 2.05) is 24.3 Å². The van der Waals surface area contributed by atoms with Crippen molar-refractivity contribution in [2.75, 3.05) is 6.61 Å². The van der Waals surface area contributed by atoms with Crippen LogP contribution in [-0.4, -0.2) is 40.7 Å². The van der Waals surface area contributed by atoms with Crippen molar-refractivity contribution in [1.82, 2.24) is 15.6 Å². The van der Waals surface area contributed by atoms with Gasteiger partial charge in [-0.2, -0.15) is 0 Å². The van der Waals surface area contributed by atoms with Crippen molar-refractivity contribution in [1.29, 1.82) is 0 Å². The van der Waals surface area contributed by atoms with Gasteiger partial charge in [-0.05, 0) is 28.7 Å². The Bertz CT molecular complexity index is 1270. The van der Waals surface area contributed by atoms with E-state index in [1.54, 1.807) is 12.2 Å². The number of carboxylic acids is 1. The van der Waals surface area contributed by atoms with Gasteiger partial charge in [-0.1, -0.05) is 60.7 Å². The molecule has 3 aromatic rings. The highest BCUT2D eigenvalue weighted by atomic mass is 32.1. The van der Waals surface area contributed by atoms with E-state index in [9.17, 15) is 14.4 Å². The number of nitrogens with zero attached hydrogens (tertiary/aromatic N) is 1. The Kier molecular flexibility index (Phi) is 6.33. The molecule has 2 unspecified atom stereocenters. The monoisotopic (exact) mass is 489 g/mol. The lowest BCUT2D eigenvalue weighted by Gasteiger charge is -2.17. The summed E-state index contributed by atoms with van der Waals surface area (Å²) in [6.07, 6.45) is 3.45. The number of aromatic nitrogens is 1. The Morgan fingerprint density at radius 3 is 2.37 bits per heavy atom. The molecular weight excluding hydrogens is 466 g/mol. The third kappa shape index (κ3) is 4.81. The summed E-state index contributed by atoms with van der Waals surface area (Å²) in [7, 11) is 0. The Hall–Kier alpha value is -3.98. The maximum Gasteiger partial charge on any atom is 0.407 e. The number of hydrogen-bond acceptors (Lipinski definition) is 6. The average molecular weight is 490 g/mol. The number of nitrogens with one attached hydrogen (secondary N) is 2. The van der Waals surface area contributed by atoms with Gasteiger partial charge in [0.1, 0.15) is 11.6 Å². The molecule has 0 radical (unpaired) electrons. The first-order valence-corrected chi connectivity index (χ1v) is 12.1. The van der Waals surface area contributed by atoms with E-state index >= 15 is 0 Å². The number of alkyl carbamates (subject to hydrolysis) is 1. The van der Waals surface area contributed by atoms with Gasteiger partial charge in [0, 0.05) is 11.3 Å². The van der Waals surface area contributed by atoms with Gasteiger partial charge in [0.05, 0.1) is 18.5 Å². The molecule has 2 aliphatic carbocycles. The first-order chi connectivity index (χ1) is 17.0. The maximum absolute atomic E-state index is 12.5. The first kappa shape index (κ1) is 22.8. The minimum absolute atomic E-state index is 0.0155. The number of fused-ring (bicyclic) bond motifs is 3. The zero-order chi connectivity index (χ0) is 24.4. The van der Waals surface area contributed by atoms with E-state index < -0.39 is 18.0 Å². The lowest BCUT2D eigenvalue weighted by Crippen LogP contribution is -2.36. The number of amides is 2. The van der Waals surface area contributed by atoms with Gasteiger partial charge in [-0.25, -0.2) is 14.6 Å². The van der Waals surface area contributed by atoms with Crippen LogP contribution in [0.4, 0.5) is 4.79 Å². The molecule has 9 heteroatoms. The van der Waals surface area contributed by atoms with Gasteiger partial charge in [0.2, 0.25) is 5.91 Å². The van der Waals surface area contributed by atoms with Gasteiger partial charge in [0.25, 0.3) is 0 Å². The number of carboxylic acid groups (broad SMARTS) is 1. The molecule has 2 aliphatic rings. The number of aromatic carboxylic acids is 1. The van der Waals surface area contributed by atoms with Crippen LogP contribution in [0.15, 0.2) is 66.1 Å². The van der Waals surface area contributed by atoms with E-state index in [0.717, 1.165) is 11.1 Å². The molecule has 8 nitrogen and oxygen atoms in total. The van der Waals surface area contributed by atoms with Gasteiger partial charge in [-0.15, -0.1) is 11.3 Å². The highest BCUT2D eigenvalue weighted by Gasteiger charge is 2.30. The van der Waals surface area contributed by atoms with E-state index in [-0.39, 0.29) is 36.7 Å². The summed E-state index contributed by atoms with van der Waals surface area (Å²) in [5.41, 5.74) is 4.60. The molecule has 2 atom stereocenters. The molecule has 2 aromatic carbocycles. The molecule has 0 spiro atoms. The molecule has 178 valence electrons. The van der Waals surface area contributed by atoms with Crippen molar-refractivity contribution in [3.05, 3.63) is 87.9 Å². The molecule has 1 aromatic heterocycles. The van der Waals surface area contributed by atoms with Crippen LogP contribution < -0.4 is 10.6 Å². The molecule has 2 amide bonds. The smallest absolute Gasteiger partial charge is 0.407 e. The quantitative estimate of drug-likeness (QED) is 0.433. The number of thiazole rings is 1. The summed E-state index contributed by atoms with van der Waals surface area (Å²) >= 11 is 1.18. The van der Waals surface area contributed by atoms with Crippen LogP contribution >= 0.6 is 11.3 Å². The second kappa shape index (κ2) is 9.71. The molecule has 0 saturated heterocycles. The van der Waals surface area contributed by atoms with Gasteiger partial charge in [-0.3, -0.25) is 4.79 Å². The third-order valence-corrected chi connectivity index (χ3v) is 7.10. The second-order valence-electron chi connectivity index (χ2n) is 8.45. The van der Waals surface area contributed by atoms with E-state index in [1.165, 1.54) is 27.8 Å². The van der Waals surface area contributed by atoms with Crippen LogP contribution in [-0.2, 0) is 16.1 Å². The Morgan fingerprint density at radius 2 is 1.71 bits per heavy atom. The molecule has 5 rings (SSSR count). The van der Waals surface area contributed by atoms with Crippen LogP contribution in [0.2, 0.25) is 0 Å². The lowest BCUT2D eigenvalue weighted by atomic mass is 9.98. The zero-order valence-corrected chi connectivity index (χ0v) is 19.5. The maximum atomic E-state index is 12.5. The molecule has 0 fully saturated rings. The number of ether oxygens (including phenoxy) is 1. The molecular formula is C26H23N3O5S. The first-order valence-electron chi connectivity index (χ1n) is 11.2. The molecule has 0 aliphatic heterocycles. The van der Waals surface area contributed by atoms with Crippen molar-refractivity contribution >= 4 is 29.3 Å². The SMILES string of the molecule is O=C(NC1C=CC(C(=O)NCc2nc(C(=O)O)cs2)C1)OCC1c2ccccc2-c2ccccc21. The van der Waals surface area contributed by atoms with Crippen molar-refractivity contribution in [3.63, 3.8) is 0 Å². The molecule has 3 N–H and O–H groups in total. The Morgan fingerprint density at radius 1 is 1.03 bits per heavy atom. The van der Waals surface area contributed by atoms with Crippen LogP contribution in [0.1, 0.15) is 39.0 Å². The fraction of sp³-hybridized carbons (Fsp3) is 0.231. The Labute approximate surface area is 205 Å². The third-order valence-electron chi connectivity index (χ3n) is 6.25. The zero-order valence-electron chi connectivity index (χ0n) is 18.6. The number of carbonyl (C=O) groups excluding carboxylic acids is 2. The summed E-state index contributed by atoms with van der Waals surface area (Å²) in [5.74, 6) is -1.71. The number of rotatable bonds is 7. The minimum atomic E-state index is -1.10. The van der Waals surface area contributed by atoms with Crippen LogP contribution in [0.25, 0.3) is 11.1 Å². The van der Waals surface area contributed by atoms with Gasteiger partial charge in [0.15, 0.2) is 5.69 Å². The normalized spacial score (nSPS) is 18.1. The van der Waals surface area contributed by atoms with Gasteiger partial charge < -0.3 is 20.5 Å². The van der Waals surface area contributed by atoms with Crippen LogP contribution in [0.5, 0.6) is 0 Å².